The summed E-state index contributed by atoms with van der Waals surface area (Å²) in [7, 11) is 0. The zero-order chi connectivity index (χ0) is 20.9. The minimum absolute atomic E-state index is 0.322. The Hall–Kier alpha value is -3.17. The molecule has 3 aromatic heterocycles. The number of piperazine rings is 1. The number of furan rings is 1. The van der Waals surface area contributed by atoms with Crippen LogP contribution in [0.2, 0.25) is 0 Å². The summed E-state index contributed by atoms with van der Waals surface area (Å²) in [4.78, 5) is 24.5. The lowest BCUT2D eigenvalue weighted by atomic mass is 10.2. The second-order valence-corrected chi connectivity index (χ2v) is 9.11. The van der Waals surface area contributed by atoms with Gasteiger partial charge in [0.2, 0.25) is 0 Å². The lowest BCUT2D eigenvalue weighted by Crippen LogP contribution is -2.56. The van der Waals surface area contributed by atoms with E-state index in [1.807, 2.05) is 30.3 Å². The summed E-state index contributed by atoms with van der Waals surface area (Å²) in [6, 6.07) is 12.1. The second-order valence-electron chi connectivity index (χ2n) is 8.12. The Morgan fingerprint density at radius 1 is 1.23 bits per heavy atom. The number of hydrogen-bond acceptors (Lipinski definition) is 7. The van der Waals surface area contributed by atoms with Crippen LogP contribution in [-0.2, 0) is 6.54 Å². The maximum atomic E-state index is 11.6. The van der Waals surface area contributed by atoms with Crippen molar-refractivity contribution in [3.8, 4) is 10.9 Å². The van der Waals surface area contributed by atoms with Crippen LogP contribution in [0.4, 0.5) is 4.79 Å². The highest BCUT2D eigenvalue weighted by Crippen LogP contribution is 2.35. The monoisotopic (exact) mass is 435 g/mol. The standard InChI is InChI=1S/C22H21N5O3S/c23-21(28)26-10-14-3-4-15(11-26)27(14)12-17-9-13-8-16(5-6-18(13)29-17)30-22-25-20-19(31-22)2-1-7-24-20/h1-2,5-9,14-15H,3-4,10-12H2,(H2,23,28)/t14-,15+. The number of nitrogens with two attached hydrogens (primary N) is 1. The average Bonchev–Trinajstić information content (AvgIpc) is 3.40. The van der Waals surface area contributed by atoms with Crippen molar-refractivity contribution in [1.29, 1.82) is 0 Å². The number of ether oxygens (including phenoxy) is 1. The molecule has 0 unspecified atom stereocenters. The smallest absolute Gasteiger partial charge is 0.314 e. The van der Waals surface area contributed by atoms with E-state index in [2.05, 4.69) is 20.9 Å². The maximum Gasteiger partial charge on any atom is 0.314 e. The molecule has 31 heavy (non-hydrogen) atoms. The van der Waals surface area contributed by atoms with Gasteiger partial charge in [0, 0.05) is 36.8 Å². The summed E-state index contributed by atoms with van der Waals surface area (Å²) < 4.78 is 13.1. The molecule has 0 spiro atoms. The second kappa shape index (κ2) is 7.21. The topological polar surface area (TPSA) is 97.7 Å². The minimum Gasteiger partial charge on any atom is -0.460 e. The van der Waals surface area contributed by atoms with Crippen molar-refractivity contribution in [3.05, 3.63) is 48.4 Å². The van der Waals surface area contributed by atoms with E-state index in [9.17, 15) is 4.79 Å². The van der Waals surface area contributed by atoms with Gasteiger partial charge in [0.05, 0.1) is 11.2 Å². The molecule has 158 valence electrons. The van der Waals surface area contributed by atoms with Crippen molar-refractivity contribution in [1.82, 2.24) is 19.8 Å². The third-order valence-electron chi connectivity index (χ3n) is 6.17. The Bertz CT molecular complexity index is 1240. The van der Waals surface area contributed by atoms with Gasteiger partial charge in [-0.1, -0.05) is 11.3 Å². The largest absolute Gasteiger partial charge is 0.460 e. The molecule has 2 atom stereocenters. The SMILES string of the molecule is NC(=O)N1C[C@H]2CC[C@@H](C1)N2Cc1cc2cc(Oc3nc4ncccc4s3)ccc2o1. The molecule has 0 saturated carbocycles. The van der Waals surface area contributed by atoms with Crippen molar-refractivity contribution in [2.75, 3.05) is 13.1 Å². The van der Waals surface area contributed by atoms with Gasteiger partial charge in [0.25, 0.3) is 5.19 Å². The quantitative estimate of drug-likeness (QED) is 0.521. The third kappa shape index (κ3) is 3.39. The van der Waals surface area contributed by atoms with Crippen LogP contribution in [0.1, 0.15) is 18.6 Å². The van der Waals surface area contributed by atoms with Crippen LogP contribution >= 0.6 is 11.3 Å². The van der Waals surface area contributed by atoms with E-state index in [-0.39, 0.29) is 6.03 Å². The van der Waals surface area contributed by atoms with Gasteiger partial charge in [-0.05, 0) is 49.2 Å². The van der Waals surface area contributed by atoms with Crippen LogP contribution in [0, 0.1) is 0 Å². The molecule has 0 radical (unpaired) electrons. The predicted molar refractivity (Wildman–Crippen MR) is 117 cm³/mol. The highest BCUT2D eigenvalue weighted by atomic mass is 32.1. The molecule has 5 heterocycles. The summed E-state index contributed by atoms with van der Waals surface area (Å²) in [6.45, 7) is 2.12. The van der Waals surface area contributed by atoms with E-state index in [1.54, 1.807) is 11.1 Å². The van der Waals surface area contributed by atoms with E-state index in [1.165, 1.54) is 11.3 Å². The summed E-state index contributed by atoms with van der Waals surface area (Å²) in [5.74, 6) is 1.63. The molecule has 4 aromatic rings. The predicted octanol–water partition coefficient (Wildman–Crippen LogP) is 3.96. The number of fused-ring (bicyclic) bond motifs is 4. The number of nitrogens with zero attached hydrogens (tertiary/aromatic N) is 4. The number of carbonyl (C=O) groups is 1. The van der Waals surface area contributed by atoms with Crippen LogP contribution in [0.3, 0.4) is 0 Å². The fraction of sp³-hybridized carbons (Fsp3) is 0.318. The zero-order valence-corrected chi connectivity index (χ0v) is 17.5. The molecule has 2 aliphatic heterocycles. The maximum absolute atomic E-state index is 11.6. The number of hydrogen-bond donors (Lipinski definition) is 1. The van der Waals surface area contributed by atoms with Crippen molar-refractivity contribution in [2.24, 2.45) is 5.73 Å². The summed E-state index contributed by atoms with van der Waals surface area (Å²) >= 11 is 1.47. The summed E-state index contributed by atoms with van der Waals surface area (Å²) in [5.41, 5.74) is 7.02. The Morgan fingerprint density at radius 2 is 2.06 bits per heavy atom. The Kier molecular flexibility index (Phi) is 4.32. The first kappa shape index (κ1) is 18.6. The molecule has 9 heteroatoms. The zero-order valence-electron chi connectivity index (χ0n) is 16.7. The third-order valence-corrected chi connectivity index (χ3v) is 7.06. The first-order valence-electron chi connectivity index (χ1n) is 10.3. The summed E-state index contributed by atoms with van der Waals surface area (Å²) in [6.07, 6.45) is 3.90. The Morgan fingerprint density at radius 3 is 2.84 bits per heavy atom. The van der Waals surface area contributed by atoms with Crippen molar-refractivity contribution in [3.63, 3.8) is 0 Å². The van der Waals surface area contributed by atoms with Crippen molar-refractivity contribution < 1.29 is 13.9 Å². The number of thiazole rings is 1. The van der Waals surface area contributed by atoms with E-state index in [0.717, 1.165) is 40.8 Å². The Balaban J connectivity index is 1.20. The molecule has 2 bridgehead atoms. The van der Waals surface area contributed by atoms with Gasteiger partial charge in [-0.3, -0.25) is 4.90 Å². The first-order chi connectivity index (χ1) is 15.1. The number of rotatable bonds is 4. The number of amides is 2. The van der Waals surface area contributed by atoms with Gasteiger partial charge in [-0.25, -0.2) is 9.78 Å². The van der Waals surface area contributed by atoms with Gasteiger partial charge >= 0.3 is 6.03 Å². The lowest BCUT2D eigenvalue weighted by Gasteiger charge is -2.39. The molecular formula is C22H21N5O3S. The molecule has 1 aromatic carbocycles. The van der Waals surface area contributed by atoms with Crippen LogP contribution in [-0.4, -0.2) is 51.0 Å². The molecule has 6 rings (SSSR count). The fourth-order valence-electron chi connectivity index (χ4n) is 4.72. The first-order valence-corrected chi connectivity index (χ1v) is 11.2. The van der Waals surface area contributed by atoms with Crippen LogP contribution in [0.25, 0.3) is 21.3 Å². The van der Waals surface area contributed by atoms with E-state index in [0.29, 0.717) is 41.8 Å². The molecule has 2 saturated heterocycles. The highest BCUT2D eigenvalue weighted by molar-refractivity contribution is 7.20. The number of primary amides is 1. The van der Waals surface area contributed by atoms with Crippen LogP contribution in [0.5, 0.6) is 10.9 Å². The minimum atomic E-state index is -0.322. The van der Waals surface area contributed by atoms with Gasteiger partial charge in [0.1, 0.15) is 17.1 Å². The van der Waals surface area contributed by atoms with Gasteiger partial charge in [-0.15, -0.1) is 0 Å². The van der Waals surface area contributed by atoms with Crippen molar-refractivity contribution >= 4 is 38.7 Å². The average molecular weight is 436 g/mol. The van der Waals surface area contributed by atoms with Crippen LogP contribution < -0.4 is 10.5 Å². The van der Waals surface area contributed by atoms with E-state index in [4.69, 9.17) is 14.9 Å². The number of likely N-dealkylation sites (tertiary alicyclic amines) is 1. The summed E-state index contributed by atoms with van der Waals surface area (Å²) in [5, 5.41) is 1.57. The lowest BCUT2D eigenvalue weighted by molar-refractivity contribution is 0.0747. The molecule has 0 aliphatic carbocycles. The molecule has 2 fully saturated rings. The fourth-order valence-corrected chi connectivity index (χ4v) is 5.51. The molecule has 2 aliphatic rings. The molecule has 2 N–H and O–H groups in total. The molecular weight excluding hydrogens is 414 g/mol. The normalized spacial score (nSPS) is 21.2. The highest BCUT2D eigenvalue weighted by Gasteiger charge is 2.41. The molecule has 2 amide bonds. The van der Waals surface area contributed by atoms with Crippen molar-refractivity contribution in [2.45, 2.75) is 31.5 Å². The van der Waals surface area contributed by atoms with Gasteiger partial charge < -0.3 is 19.8 Å². The number of carbonyl (C=O) groups excluding carboxylic acids is 1. The number of pyridine rings is 1. The van der Waals surface area contributed by atoms with Gasteiger partial charge in [0.15, 0.2) is 5.65 Å². The van der Waals surface area contributed by atoms with Crippen LogP contribution in [0.15, 0.2) is 47.0 Å². The molecule has 8 nitrogen and oxygen atoms in total. The number of urea groups is 1. The van der Waals surface area contributed by atoms with Gasteiger partial charge in [-0.2, -0.15) is 4.98 Å². The Labute approximate surface area is 182 Å². The van der Waals surface area contributed by atoms with E-state index < -0.39 is 0 Å². The van der Waals surface area contributed by atoms with E-state index >= 15 is 0 Å². The number of aromatic nitrogens is 2. The number of benzene rings is 1.